The Labute approximate surface area is 127 Å². The molecule has 0 spiro atoms. The van der Waals surface area contributed by atoms with Gasteiger partial charge in [-0.05, 0) is 24.3 Å². The summed E-state index contributed by atoms with van der Waals surface area (Å²) in [6.45, 7) is -1.65. The molecule has 0 amide bonds. The summed E-state index contributed by atoms with van der Waals surface area (Å²) in [4.78, 5) is 28.7. The molecule has 0 fully saturated rings. The second-order valence-corrected chi connectivity index (χ2v) is 4.83. The predicted molar refractivity (Wildman–Crippen MR) is 77.7 cm³/mol. The van der Waals surface area contributed by atoms with Crippen LogP contribution in [0.4, 0.5) is 13.2 Å². The maximum absolute atomic E-state index is 12.7. The van der Waals surface area contributed by atoms with Crippen molar-refractivity contribution in [3.05, 3.63) is 69.5 Å². The molecular formula is C15H10F3N3O2. The van der Waals surface area contributed by atoms with Gasteiger partial charge in [-0.1, -0.05) is 18.2 Å². The third kappa shape index (κ3) is 2.75. The average Bonchev–Trinajstić information content (AvgIpc) is 2.52. The maximum Gasteiger partial charge on any atom is 0.406 e. The molecule has 2 heterocycles. The fraction of sp³-hybridized carbons (Fsp3) is 0.133. The Kier molecular flexibility index (Phi) is 3.51. The van der Waals surface area contributed by atoms with Crippen molar-refractivity contribution < 1.29 is 13.2 Å². The van der Waals surface area contributed by atoms with Gasteiger partial charge in [0.25, 0.3) is 5.56 Å². The van der Waals surface area contributed by atoms with Crippen LogP contribution in [-0.4, -0.2) is 20.3 Å². The molecule has 0 atom stereocenters. The molecule has 118 valence electrons. The molecule has 0 saturated carbocycles. The molecule has 3 rings (SSSR count). The minimum atomic E-state index is -4.69. The number of hydrogen-bond acceptors (Lipinski definition) is 3. The maximum atomic E-state index is 12.7. The van der Waals surface area contributed by atoms with E-state index >= 15 is 0 Å². The first-order chi connectivity index (χ1) is 10.9. The van der Waals surface area contributed by atoms with E-state index in [0.29, 0.717) is 5.69 Å². The largest absolute Gasteiger partial charge is 0.406 e. The van der Waals surface area contributed by atoms with Crippen LogP contribution < -0.4 is 11.2 Å². The third-order valence-corrected chi connectivity index (χ3v) is 3.25. The van der Waals surface area contributed by atoms with Crippen LogP contribution in [0.1, 0.15) is 0 Å². The van der Waals surface area contributed by atoms with Crippen molar-refractivity contribution >= 4 is 11.0 Å². The summed E-state index contributed by atoms with van der Waals surface area (Å²) < 4.78 is 39.3. The first-order valence-electron chi connectivity index (χ1n) is 6.61. The monoisotopic (exact) mass is 321 g/mol. The van der Waals surface area contributed by atoms with Gasteiger partial charge >= 0.3 is 11.9 Å². The van der Waals surface area contributed by atoms with E-state index in [-0.39, 0.29) is 15.6 Å². The Bertz CT molecular complexity index is 975. The molecule has 23 heavy (non-hydrogen) atoms. The number of hydrogen-bond donors (Lipinski definition) is 0. The summed E-state index contributed by atoms with van der Waals surface area (Å²) in [5.74, 6) is 0. The topological polar surface area (TPSA) is 56.9 Å². The zero-order valence-corrected chi connectivity index (χ0v) is 11.6. The van der Waals surface area contributed by atoms with Crippen LogP contribution in [0.25, 0.3) is 16.7 Å². The molecule has 2 aromatic heterocycles. The van der Waals surface area contributed by atoms with Gasteiger partial charge in [-0.15, -0.1) is 0 Å². The van der Waals surface area contributed by atoms with Crippen molar-refractivity contribution in [3.8, 4) is 5.69 Å². The molecule has 0 saturated heterocycles. The summed E-state index contributed by atoms with van der Waals surface area (Å²) >= 11 is 0. The molecule has 0 aliphatic rings. The average molecular weight is 321 g/mol. The summed E-state index contributed by atoms with van der Waals surface area (Å²) in [7, 11) is 0. The highest BCUT2D eigenvalue weighted by atomic mass is 19.4. The number of pyridine rings is 1. The smallest absolute Gasteiger partial charge is 0.268 e. The van der Waals surface area contributed by atoms with Gasteiger partial charge in [-0.25, -0.2) is 14.3 Å². The van der Waals surface area contributed by atoms with Gasteiger partial charge < -0.3 is 0 Å². The van der Waals surface area contributed by atoms with Crippen molar-refractivity contribution in [2.75, 3.05) is 0 Å². The van der Waals surface area contributed by atoms with Gasteiger partial charge in [0.05, 0.1) is 11.1 Å². The Balaban J connectivity index is 2.44. The van der Waals surface area contributed by atoms with E-state index in [4.69, 9.17) is 0 Å². The molecular weight excluding hydrogens is 311 g/mol. The first kappa shape index (κ1) is 15.0. The van der Waals surface area contributed by atoms with Gasteiger partial charge in [0, 0.05) is 6.20 Å². The van der Waals surface area contributed by atoms with E-state index in [1.807, 2.05) is 0 Å². The predicted octanol–water partition coefficient (Wildman–Crippen LogP) is 2.11. The van der Waals surface area contributed by atoms with E-state index in [0.717, 1.165) is 4.57 Å². The van der Waals surface area contributed by atoms with Crippen LogP contribution >= 0.6 is 0 Å². The van der Waals surface area contributed by atoms with Gasteiger partial charge in [0.15, 0.2) is 5.65 Å². The number of halogens is 3. The number of aromatic nitrogens is 3. The number of fused-ring (bicyclic) bond motifs is 1. The standard InChI is InChI=1S/C15H10F3N3O2/c16-15(17,18)9-20-13(22)11-7-4-8-19-12(11)21(14(20)23)10-5-2-1-3-6-10/h1-8H,9H2. The van der Waals surface area contributed by atoms with Gasteiger partial charge in [0.2, 0.25) is 0 Å². The molecule has 0 bridgehead atoms. The van der Waals surface area contributed by atoms with Crippen LogP contribution in [0.2, 0.25) is 0 Å². The van der Waals surface area contributed by atoms with Crippen molar-refractivity contribution in [2.45, 2.75) is 12.7 Å². The second kappa shape index (κ2) is 5.38. The molecule has 3 aromatic rings. The lowest BCUT2D eigenvalue weighted by Crippen LogP contribution is -2.43. The van der Waals surface area contributed by atoms with E-state index in [9.17, 15) is 22.8 Å². The number of alkyl halides is 3. The number of benzene rings is 1. The zero-order chi connectivity index (χ0) is 16.6. The first-order valence-corrected chi connectivity index (χ1v) is 6.61. The van der Waals surface area contributed by atoms with E-state index in [1.165, 1.54) is 18.3 Å². The fourth-order valence-electron chi connectivity index (χ4n) is 2.31. The lowest BCUT2D eigenvalue weighted by atomic mass is 10.3. The SMILES string of the molecule is O=c1c2cccnc2n(-c2ccccc2)c(=O)n1CC(F)(F)F. The Morgan fingerprint density at radius 2 is 1.70 bits per heavy atom. The normalized spacial score (nSPS) is 11.8. The van der Waals surface area contributed by atoms with Crippen molar-refractivity contribution in [2.24, 2.45) is 0 Å². The summed E-state index contributed by atoms with van der Waals surface area (Å²) in [6, 6.07) is 10.9. The minimum Gasteiger partial charge on any atom is -0.268 e. The van der Waals surface area contributed by atoms with Gasteiger partial charge in [-0.3, -0.25) is 9.36 Å². The molecule has 1 aromatic carbocycles. The van der Waals surface area contributed by atoms with Gasteiger partial charge in [-0.2, -0.15) is 13.2 Å². The summed E-state index contributed by atoms with van der Waals surface area (Å²) in [5.41, 5.74) is -1.74. The fourth-order valence-corrected chi connectivity index (χ4v) is 2.31. The Hall–Kier alpha value is -2.90. The van der Waals surface area contributed by atoms with E-state index < -0.39 is 24.0 Å². The van der Waals surface area contributed by atoms with Crippen molar-refractivity contribution in [3.63, 3.8) is 0 Å². The minimum absolute atomic E-state index is 0.0205. The highest BCUT2D eigenvalue weighted by Crippen LogP contribution is 2.17. The molecule has 0 radical (unpaired) electrons. The van der Waals surface area contributed by atoms with Crippen LogP contribution in [0, 0.1) is 0 Å². The van der Waals surface area contributed by atoms with Crippen LogP contribution in [0.5, 0.6) is 0 Å². The molecule has 5 nitrogen and oxygen atoms in total. The highest BCUT2D eigenvalue weighted by molar-refractivity contribution is 5.75. The van der Waals surface area contributed by atoms with E-state index in [1.54, 1.807) is 30.3 Å². The lowest BCUT2D eigenvalue weighted by molar-refractivity contribution is -0.141. The molecule has 8 heteroatoms. The van der Waals surface area contributed by atoms with E-state index in [2.05, 4.69) is 4.98 Å². The molecule has 0 unspecified atom stereocenters. The van der Waals surface area contributed by atoms with Crippen LogP contribution in [0.15, 0.2) is 58.3 Å². The van der Waals surface area contributed by atoms with Gasteiger partial charge in [0.1, 0.15) is 6.54 Å². The Morgan fingerprint density at radius 1 is 1.00 bits per heavy atom. The zero-order valence-electron chi connectivity index (χ0n) is 11.6. The molecule has 0 N–H and O–H groups in total. The highest BCUT2D eigenvalue weighted by Gasteiger charge is 2.31. The van der Waals surface area contributed by atoms with Crippen molar-refractivity contribution in [1.29, 1.82) is 0 Å². The van der Waals surface area contributed by atoms with Crippen LogP contribution in [-0.2, 0) is 6.54 Å². The van der Waals surface area contributed by atoms with Crippen LogP contribution in [0.3, 0.4) is 0 Å². The number of nitrogens with zero attached hydrogens (tertiary/aromatic N) is 3. The summed E-state index contributed by atoms with van der Waals surface area (Å²) in [5, 5.41) is -0.0554. The molecule has 0 aliphatic heterocycles. The van der Waals surface area contributed by atoms with Crippen molar-refractivity contribution in [1.82, 2.24) is 14.1 Å². The Morgan fingerprint density at radius 3 is 2.35 bits per heavy atom. The number of para-hydroxylation sites is 1. The third-order valence-electron chi connectivity index (χ3n) is 3.25. The summed E-state index contributed by atoms with van der Waals surface area (Å²) in [6.07, 6.45) is -3.32. The number of rotatable bonds is 2. The lowest BCUT2D eigenvalue weighted by Gasteiger charge is -2.14. The molecule has 0 aliphatic carbocycles. The quantitative estimate of drug-likeness (QED) is 0.726. The second-order valence-electron chi connectivity index (χ2n) is 4.83.